The molecular formula is C15H34O5S2. The third kappa shape index (κ3) is 7.38. The maximum absolute atomic E-state index is 9.75. The van der Waals surface area contributed by atoms with Gasteiger partial charge in [-0.3, -0.25) is 0 Å². The molecule has 0 spiro atoms. The molecule has 1 saturated heterocycles. The molecule has 0 unspecified atom stereocenters. The number of aliphatic hydroxyl groups excluding tert-OH is 3. The second-order valence-electron chi connectivity index (χ2n) is 7.48. The summed E-state index contributed by atoms with van der Waals surface area (Å²) in [5, 5.41) is 29.9. The first kappa shape index (κ1) is 20.5. The molecule has 7 heteroatoms. The molecule has 0 bridgehead atoms. The first-order valence-electron chi connectivity index (χ1n) is 7.63. The summed E-state index contributed by atoms with van der Waals surface area (Å²) in [7, 11) is -1.07. The number of hydrogen-bond donors (Lipinski definition) is 3. The summed E-state index contributed by atoms with van der Waals surface area (Å²) in [5.74, 6) is 1.17. The third-order valence-corrected chi connectivity index (χ3v) is 10.3. The molecule has 1 aliphatic rings. The molecule has 22 heavy (non-hydrogen) atoms. The van der Waals surface area contributed by atoms with Gasteiger partial charge in [-0.1, -0.05) is 0 Å². The molecule has 0 aliphatic carbocycles. The standard InChI is InChI=1S/C15H34O5S2/c1-21(2,3)11-22(4,5)8-6-7-19-14-9-12(17)15(18)13(10-16)20-14/h12-18H,6-11H2,1-5H3/t12-,13-,14-,15+/m1/s1. The van der Waals surface area contributed by atoms with Crippen LogP contribution in [0.15, 0.2) is 0 Å². The third-order valence-electron chi connectivity index (χ3n) is 3.53. The van der Waals surface area contributed by atoms with Crippen LogP contribution in [0.25, 0.3) is 0 Å². The van der Waals surface area contributed by atoms with Crippen molar-refractivity contribution in [3.05, 3.63) is 0 Å². The van der Waals surface area contributed by atoms with Gasteiger partial charge in [0.05, 0.1) is 19.3 Å². The van der Waals surface area contributed by atoms with Gasteiger partial charge in [0.2, 0.25) is 0 Å². The van der Waals surface area contributed by atoms with Crippen LogP contribution >= 0.6 is 20.1 Å². The van der Waals surface area contributed by atoms with E-state index in [0.29, 0.717) is 6.61 Å². The maximum Gasteiger partial charge on any atom is 0.160 e. The lowest BCUT2D eigenvalue weighted by molar-refractivity contribution is -0.256. The zero-order valence-corrected chi connectivity index (χ0v) is 16.2. The van der Waals surface area contributed by atoms with Crippen molar-refractivity contribution in [2.24, 2.45) is 0 Å². The van der Waals surface area contributed by atoms with E-state index in [4.69, 9.17) is 14.6 Å². The Morgan fingerprint density at radius 3 is 2.32 bits per heavy atom. The fraction of sp³-hybridized carbons (Fsp3) is 1.00. The van der Waals surface area contributed by atoms with E-state index in [9.17, 15) is 10.2 Å². The quantitative estimate of drug-likeness (QED) is 0.563. The molecule has 0 radical (unpaired) electrons. The zero-order chi connectivity index (χ0) is 17.0. The Morgan fingerprint density at radius 1 is 1.14 bits per heavy atom. The van der Waals surface area contributed by atoms with Crippen LogP contribution in [-0.4, -0.2) is 95.3 Å². The van der Waals surface area contributed by atoms with Crippen molar-refractivity contribution in [1.29, 1.82) is 0 Å². The number of ether oxygens (including phenoxy) is 2. The van der Waals surface area contributed by atoms with Gasteiger partial charge in [-0.05, 0) is 43.5 Å². The normalized spacial score (nSPS) is 32.0. The van der Waals surface area contributed by atoms with Crippen LogP contribution in [0, 0.1) is 0 Å². The van der Waals surface area contributed by atoms with Crippen molar-refractivity contribution in [3.63, 3.8) is 0 Å². The minimum absolute atomic E-state index is 0.250. The molecule has 4 atom stereocenters. The van der Waals surface area contributed by atoms with Gasteiger partial charge in [-0.15, -0.1) is 0 Å². The summed E-state index contributed by atoms with van der Waals surface area (Å²) in [6.07, 6.45) is 9.81. The predicted octanol–water partition coefficient (Wildman–Crippen LogP) is 0.938. The van der Waals surface area contributed by atoms with E-state index in [2.05, 4.69) is 31.3 Å². The molecule has 1 rings (SSSR count). The smallest absolute Gasteiger partial charge is 0.160 e. The zero-order valence-electron chi connectivity index (χ0n) is 14.5. The van der Waals surface area contributed by atoms with E-state index in [1.54, 1.807) is 0 Å². The average Bonchev–Trinajstić information content (AvgIpc) is 2.35. The lowest BCUT2D eigenvalue weighted by Gasteiger charge is -2.40. The Bertz CT molecular complexity index is 332. The van der Waals surface area contributed by atoms with Crippen LogP contribution in [0.3, 0.4) is 0 Å². The summed E-state index contributed by atoms with van der Waals surface area (Å²) in [6.45, 7) is 0.269. The molecule has 1 heterocycles. The van der Waals surface area contributed by atoms with Crippen molar-refractivity contribution in [3.8, 4) is 0 Å². The highest BCUT2D eigenvalue weighted by Crippen LogP contribution is 2.53. The predicted molar refractivity (Wildman–Crippen MR) is 97.5 cm³/mol. The van der Waals surface area contributed by atoms with E-state index >= 15 is 0 Å². The Morgan fingerprint density at radius 2 is 1.77 bits per heavy atom. The number of hydrogen-bond acceptors (Lipinski definition) is 5. The molecule has 0 amide bonds. The van der Waals surface area contributed by atoms with Gasteiger partial charge in [0.15, 0.2) is 6.29 Å². The lowest BCUT2D eigenvalue weighted by Crippen LogP contribution is -2.50. The van der Waals surface area contributed by atoms with E-state index in [0.717, 1.165) is 6.42 Å². The van der Waals surface area contributed by atoms with E-state index in [1.165, 1.54) is 10.8 Å². The van der Waals surface area contributed by atoms with E-state index in [1.807, 2.05) is 0 Å². The first-order valence-corrected chi connectivity index (χ1v) is 13.4. The van der Waals surface area contributed by atoms with Crippen LogP contribution in [-0.2, 0) is 9.47 Å². The van der Waals surface area contributed by atoms with Crippen molar-refractivity contribution >= 4 is 20.1 Å². The van der Waals surface area contributed by atoms with Crippen LogP contribution in [0.4, 0.5) is 0 Å². The highest BCUT2D eigenvalue weighted by molar-refractivity contribution is 8.47. The highest BCUT2D eigenvalue weighted by Gasteiger charge is 2.36. The molecule has 136 valence electrons. The van der Waals surface area contributed by atoms with Crippen LogP contribution in [0.5, 0.6) is 0 Å². The monoisotopic (exact) mass is 358 g/mol. The molecular weight excluding hydrogens is 324 g/mol. The average molecular weight is 359 g/mol. The Balaban J connectivity index is 2.30. The summed E-state index contributed by atoms with van der Waals surface area (Å²) < 4.78 is 11.1. The van der Waals surface area contributed by atoms with Crippen molar-refractivity contribution in [2.45, 2.75) is 37.4 Å². The van der Waals surface area contributed by atoms with Gasteiger partial charge in [0.1, 0.15) is 12.2 Å². The molecule has 1 fully saturated rings. The van der Waals surface area contributed by atoms with Gasteiger partial charge >= 0.3 is 0 Å². The Kier molecular flexibility index (Phi) is 7.99. The summed E-state index contributed by atoms with van der Waals surface area (Å²) in [5.41, 5.74) is 0. The molecule has 1 aliphatic heterocycles. The molecule has 0 saturated carbocycles. The molecule has 5 nitrogen and oxygen atoms in total. The van der Waals surface area contributed by atoms with Crippen LogP contribution in [0.2, 0.25) is 0 Å². The van der Waals surface area contributed by atoms with Crippen LogP contribution < -0.4 is 0 Å². The Hall–Kier alpha value is 0.500. The minimum Gasteiger partial charge on any atom is -0.394 e. The number of aliphatic hydroxyl groups is 3. The number of rotatable bonds is 8. The second-order valence-corrected chi connectivity index (χ2v) is 16.6. The fourth-order valence-electron chi connectivity index (χ4n) is 2.85. The van der Waals surface area contributed by atoms with Crippen molar-refractivity contribution in [2.75, 3.05) is 55.3 Å². The van der Waals surface area contributed by atoms with Gasteiger partial charge in [-0.2, -0.15) is 0 Å². The van der Waals surface area contributed by atoms with Gasteiger partial charge in [0.25, 0.3) is 0 Å². The van der Waals surface area contributed by atoms with Gasteiger partial charge < -0.3 is 24.8 Å². The highest BCUT2D eigenvalue weighted by atomic mass is 32.3. The van der Waals surface area contributed by atoms with Gasteiger partial charge in [-0.25, -0.2) is 20.1 Å². The summed E-state index contributed by atoms with van der Waals surface area (Å²) in [4.78, 5) is 0. The summed E-state index contributed by atoms with van der Waals surface area (Å²) >= 11 is 0. The minimum atomic E-state index is -1.04. The van der Waals surface area contributed by atoms with Gasteiger partial charge in [0, 0.05) is 11.5 Å². The maximum atomic E-state index is 9.75. The van der Waals surface area contributed by atoms with Crippen molar-refractivity contribution in [1.82, 2.24) is 0 Å². The molecule has 3 N–H and O–H groups in total. The SMILES string of the molecule is CS(C)(C)CS(C)(C)CCCO[C@H]1C[C@@H](O)[C@H](O)[C@@H](CO)O1. The fourth-order valence-corrected chi connectivity index (χ4v) is 11.9. The van der Waals surface area contributed by atoms with Crippen molar-refractivity contribution < 1.29 is 24.8 Å². The molecule has 0 aromatic carbocycles. The largest absolute Gasteiger partial charge is 0.394 e. The van der Waals surface area contributed by atoms with E-state index in [-0.39, 0.29) is 13.0 Å². The Labute approximate surface area is 138 Å². The first-order chi connectivity index (χ1) is 10.0. The summed E-state index contributed by atoms with van der Waals surface area (Å²) in [6, 6.07) is 0. The van der Waals surface area contributed by atoms with E-state index < -0.39 is 44.7 Å². The molecule has 0 aromatic heterocycles. The molecule has 0 aromatic rings. The topological polar surface area (TPSA) is 79.2 Å². The van der Waals surface area contributed by atoms with Crippen LogP contribution in [0.1, 0.15) is 12.8 Å². The lowest BCUT2D eigenvalue weighted by atomic mass is 10.0. The second kappa shape index (κ2) is 8.55.